The Labute approximate surface area is 131 Å². The highest BCUT2D eigenvalue weighted by Gasteiger charge is 2.12. The fraction of sp³-hybridized carbons (Fsp3) is 0. The van der Waals surface area contributed by atoms with Gasteiger partial charge in [-0.15, -0.1) is 11.3 Å². The molecule has 3 rings (SSSR count). The van der Waals surface area contributed by atoms with Crippen LogP contribution in [0.25, 0.3) is 10.2 Å². The van der Waals surface area contributed by atoms with Gasteiger partial charge in [-0.3, -0.25) is 0 Å². The van der Waals surface area contributed by atoms with Crippen LogP contribution in [0.15, 0.2) is 34.1 Å². The van der Waals surface area contributed by atoms with Crippen LogP contribution in [-0.4, -0.2) is 9.97 Å². The highest BCUT2D eigenvalue weighted by molar-refractivity contribution is 9.10. The molecule has 0 aliphatic rings. The quantitative estimate of drug-likeness (QED) is 0.550. The predicted molar refractivity (Wildman–Crippen MR) is 81.7 cm³/mol. The second-order valence-corrected chi connectivity index (χ2v) is 6.19. The first kappa shape index (κ1) is 13.1. The van der Waals surface area contributed by atoms with Gasteiger partial charge in [0.25, 0.3) is 0 Å². The monoisotopic (exact) mass is 374 g/mol. The lowest BCUT2D eigenvalue weighted by Crippen LogP contribution is -1.91. The van der Waals surface area contributed by atoms with E-state index in [0.717, 1.165) is 14.7 Å². The van der Waals surface area contributed by atoms with E-state index in [1.807, 2.05) is 17.5 Å². The Hall–Kier alpha value is -0.880. The van der Waals surface area contributed by atoms with Crippen molar-refractivity contribution in [3.05, 3.63) is 44.4 Å². The van der Waals surface area contributed by atoms with Crippen LogP contribution >= 0.6 is 50.5 Å². The molecule has 0 amide bonds. The van der Waals surface area contributed by atoms with Crippen molar-refractivity contribution in [1.82, 2.24) is 9.97 Å². The summed E-state index contributed by atoms with van der Waals surface area (Å²) in [5.41, 5.74) is 0.756. The van der Waals surface area contributed by atoms with Crippen molar-refractivity contribution < 1.29 is 4.74 Å². The van der Waals surface area contributed by atoms with Crippen LogP contribution in [0.1, 0.15) is 0 Å². The smallest absolute Gasteiger partial charge is 0.241 e. The van der Waals surface area contributed by atoms with Crippen molar-refractivity contribution in [3.8, 4) is 11.6 Å². The Balaban J connectivity index is 2.10. The third kappa shape index (κ3) is 2.69. The summed E-state index contributed by atoms with van der Waals surface area (Å²) in [5.74, 6) is 0.922. The normalized spacial score (nSPS) is 10.9. The van der Waals surface area contributed by atoms with Gasteiger partial charge >= 0.3 is 0 Å². The third-order valence-electron chi connectivity index (χ3n) is 2.35. The highest BCUT2D eigenvalue weighted by atomic mass is 79.9. The number of halogens is 3. The molecule has 96 valence electrons. The van der Waals surface area contributed by atoms with Crippen LogP contribution in [0.2, 0.25) is 10.3 Å². The molecule has 0 unspecified atom stereocenters. The van der Waals surface area contributed by atoms with Gasteiger partial charge in [0.05, 0.1) is 10.5 Å². The molecule has 3 nitrogen and oxygen atoms in total. The number of fused-ring (bicyclic) bond motifs is 1. The van der Waals surface area contributed by atoms with Gasteiger partial charge in [0.1, 0.15) is 10.4 Å². The molecule has 7 heteroatoms. The summed E-state index contributed by atoms with van der Waals surface area (Å²) in [4.78, 5) is 8.23. The maximum atomic E-state index is 6.09. The van der Waals surface area contributed by atoms with Crippen molar-refractivity contribution in [2.24, 2.45) is 0 Å². The SMILES string of the molecule is Clc1nc(Oc2cc(Br)ccc2Cl)c2sccc2n1. The van der Waals surface area contributed by atoms with E-state index in [1.165, 1.54) is 11.3 Å². The molecule has 0 aliphatic heterocycles. The van der Waals surface area contributed by atoms with E-state index < -0.39 is 0 Å². The van der Waals surface area contributed by atoms with E-state index in [0.29, 0.717) is 16.7 Å². The summed E-state index contributed by atoms with van der Waals surface area (Å²) in [7, 11) is 0. The number of aromatic nitrogens is 2. The zero-order valence-corrected chi connectivity index (χ0v) is 13.1. The van der Waals surface area contributed by atoms with Gasteiger partial charge < -0.3 is 4.74 Å². The van der Waals surface area contributed by atoms with Crippen LogP contribution in [0, 0.1) is 0 Å². The molecule has 0 saturated heterocycles. The molecular weight excluding hydrogens is 371 g/mol. The van der Waals surface area contributed by atoms with Crippen molar-refractivity contribution >= 4 is 60.7 Å². The van der Waals surface area contributed by atoms with Gasteiger partial charge in [-0.2, -0.15) is 4.98 Å². The van der Waals surface area contributed by atoms with Crippen molar-refractivity contribution in [2.75, 3.05) is 0 Å². The molecule has 0 saturated carbocycles. The van der Waals surface area contributed by atoms with Crippen LogP contribution in [-0.2, 0) is 0 Å². The van der Waals surface area contributed by atoms with Crippen molar-refractivity contribution in [2.45, 2.75) is 0 Å². The summed E-state index contributed by atoms with van der Waals surface area (Å²) in [5, 5.41) is 2.56. The number of ether oxygens (including phenoxy) is 1. The molecule has 0 aliphatic carbocycles. The van der Waals surface area contributed by atoms with Crippen LogP contribution in [0.5, 0.6) is 11.6 Å². The summed E-state index contributed by atoms with van der Waals surface area (Å²) < 4.78 is 7.46. The van der Waals surface area contributed by atoms with Crippen LogP contribution in [0.3, 0.4) is 0 Å². The minimum atomic E-state index is 0.145. The Morgan fingerprint density at radius 1 is 1.16 bits per heavy atom. The average molecular weight is 376 g/mol. The fourth-order valence-corrected chi connectivity index (χ4v) is 2.96. The second kappa shape index (κ2) is 5.25. The van der Waals surface area contributed by atoms with Gasteiger partial charge in [-0.1, -0.05) is 27.5 Å². The summed E-state index contributed by atoms with van der Waals surface area (Å²) in [6.07, 6.45) is 0. The lowest BCUT2D eigenvalue weighted by Gasteiger charge is -2.08. The third-order valence-corrected chi connectivity index (χ3v) is 4.21. The Bertz CT molecular complexity index is 763. The van der Waals surface area contributed by atoms with Gasteiger partial charge in [-0.05, 0) is 41.2 Å². The van der Waals surface area contributed by atoms with Gasteiger partial charge in [-0.25, -0.2) is 4.98 Å². The van der Waals surface area contributed by atoms with E-state index in [9.17, 15) is 0 Å². The number of rotatable bonds is 2. The molecule has 1 aromatic carbocycles. The topological polar surface area (TPSA) is 35.0 Å². The molecule has 0 N–H and O–H groups in total. The summed E-state index contributed by atoms with van der Waals surface area (Å²) >= 11 is 16.8. The van der Waals surface area contributed by atoms with Gasteiger partial charge in [0.2, 0.25) is 11.2 Å². The number of hydrogen-bond donors (Lipinski definition) is 0. The summed E-state index contributed by atoms with van der Waals surface area (Å²) in [6.45, 7) is 0. The molecule has 0 atom stereocenters. The average Bonchev–Trinajstić information content (AvgIpc) is 2.82. The lowest BCUT2D eigenvalue weighted by molar-refractivity contribution is 0.469. The Kier molecular flexibility index (Phi) is 3.62. The van der Waals surface area contributed by atoms with Crippen LogP contribution in [0.4, 0.5) is 0 Å². The molecule has 0 radical (unpaired) electrons. The molecule has 3 aromatic rings. The zero-order valence-electron chi connectivity index (χ0n) is 9.23. The predicted octanol–water partition coefficient (Wildman–Crippen LogP) is 5.55. The zero-order chi connectivity index (χ0) is 13.4. The molecule has 0 bridgehead atoms. The van der Waals surface area contributed by atoms with E-state index in [4.69, 9.17) is 27.9 Å². The number of nitrogens with zero attached hydrogens (tertiary/aromatic N) is 2. The molecule has 0 fully saturated rings. The number of thiophene rings is 1. The lowest BCUT2D eigenvalue weighted by atomic mass is 10.3. The Morgan fingerprint density at radius 2 is 2.00 bits per heavy atom. The molecule has 0 spiro atoms. The minimum Gasteiger partial charge on any atom is -0.436 e. The molecule has 19 heavy (non-hydrogen) atoms. The summed E-state index contributed by atoms with van der Waals surface area (Å²) in [6, 6.07) is 7.22. The van der Waals surface area contributed by atoms with Gasteiger partial charge in [0, 0.05) is 4.47 Å². The van der Waals surface area contributed by atoms with Gasteiger partial charge in [0.15, 0.2) is 0 Å². The first-order valence-corrected chi connectivity index (χ1v) is 7.60. The van der Waals surface area contributed by atoms with E-state index in [2.05, 4.69) is 25.9 Å². The molecule has 2 aromatic heterocycles. The van der Waals surface area contributed by atoms with Crippen LogP contribution < -0.4 is 4.74 Å². The second-order valence-electron chi connectivity index (χ2n) is 3.61. The fourth-order valence-electron chi connectivity index (χ4n) is 1.54. The standard InChI is InChI=1S/C12H5BrCl2N2OS/c13-6-1-2-7(14)9(5-6)18-11-10-8(3-4-19-10)16-12(15)17-11/h1-5H. The van der Waals surface area contributed by atoms with E-state index >= 15 is 0 Å². The van der Waals surface area contributed by atoms with E-state index in [1.54, 1.807) is 12.1 Å². The van der Waals surface area contributed by atoms with Crippen molar-refractivity contribution in [1.29, 1.82) is 0 Å². The Morgan fingerprint density at radius 3 is 2.84 bits per heavy atom. The number of hydrogen-bond acceptors (Lipinski definition) is 4. The number of benzene rings is 1. The minimum absolute atomic E-state index is 0.145. The first-order chi connectivity index (χ1) is 9.13. The molecule has 2 heterocycles. The molecular formula is C12H5BrCl2N2OS. The maximum absolute atomic E-state index is 6.09. The van der Waals surface area contributed by atoms with E-state index in [-0.39, 0.29) is 5.28 Å². The highest BCUT2D eigenvalue weighted by Crippen LogP contribution is 2.36. The largest absolute Gasteiger partial charge is 0.436 e. The first-order valence-electron chi connectivity index (χ1n) is 5.17. The van der Waals surface area contributed by atoms with Crippen molar-refractivity contribution in [3.63, 3.8) is 0 Å². The maximum Gasteiger partial charge on any atom is 0.241 e.